The van der Waals surface area contributed by atoms with Crippen LogP contribution in [0.25, 0.3) is 0 Å². The first-order valence-electron chi connectivity index (χ1n) is 6.65. The van der Waals surface area contributed by atoms with Crippen LogP contribution in [-0.4, -0.2) is 42.7 Å². The van der Waals surface area contributed by atoms with Crippen molar-refractivity contribution < 1.29 is 14.3 Å². The molecule has 1 amide bonds. The second-order valence-electron chi connectivity index (χ2n) is 5.31. The minimum atomic E-state index is 0.240. The molecule has 0 N–H and O–H groups in total. The molecule has 1 aromatic carbocycles. The van der Waals surface area contributed by atoms with Gasteiger partial charge in [0.2, 0.25) is 5.91 Å². The summed E-state index contributed by atoms with van der Waals surface area (Å²) in [5.74, 6) is 2.32. The zero-order valence-corrected chi connectivity index (χ0v) is 10.8. The molecular formula is C14H16N2O3. The number of benzene rings is 1. The van der Waals surface area contributed by atoms with Crippen LogP contribution < -0.4 is 9.47 Å². The third-order valence-corrected chi connectivity index (χ3v) is 4.32. The molecule has 3 heterocycles. The molecule has 2 atom stereocenters. The van der Waals surface area contributed by atoms with Gasteiger partial charge in [-0.05, 0) is 12.1 Å². The van der Waals surface area contributed by atoms with Crippen molar-refractivity contribution in [2.45, 2.75) is 12.5 Å². The number of methoxy groups -OCH3 is 1. The lowest BCUT2D eigenvalue weighted by atomic mass is 9.91. The SMILES string of the molecule is COc1ccc2c(c1)OC[C@H]1CN3C(=O)CCN3[C@@H]21. The van der Waals surface area contributed by atoms with Crippen molar-refractivity contribution in [1.29, 1.82) is 0 Å². The quantitative estimate of drug-likeness (QED) is 0.761. The Morgan fingerprint density at radius 3 is 3.16 bits per heavy atom. The van der Waals surface area contributed by atoms with Crippen LogP contribution in [0.15, 0.2) is 18.2 Å². The molecule has 100 valence electrons. The van der Waals surface area contributed by atoms with Gasteiger partial charge in [-0.15, -0.1) is 0 Å². The van der Waals surface area contributed by atoms with Crippen molar-refractivity contribution in [3.63, 3.8) is 0 Å². The van der Waals surface area contributed by atoms with E-state index in [4.69, 9.17) is 9.47 Å². The zero-order chi connectivity index (χ0) is 13.0. The van der Waals surface area contributed by atoms with Crippen molar-refractivity contribution >= 4 is 5.91 Å². The molecule has 0 radical (unpaired) electrons. The summed E-state index contributed by atoms with van der Waals surface area (Å²) in [6, 6.07) is 6.25. The molecule has 4 rings (SSSR count). The van der Waals surface area contributed by atoms with Gasteiger partial charge in [-0.3, -0.25) is 9.80 Å². The molecule has 5 heteroatoms. The van der Waals surface area contributed by atoms with Crippen LogP contribution in [-0.2, 0) is 4.79 Å². The van der Waals surface area contributed by atoms with Gasteiger partial charge < -0.3 is 9.47 Å². The Bertz CT molecular complexity index is 545. The number of amides is 1. The Morgan fingerprint density at radius 1 is 1.42 bits per heavy atom. The first-order valence-corrected chi connectivity index (χ1v) is 6.65. The summed E-state index contributed by atoms with van der Waals surface area (Å²) in [5, 5.41) is 4.11. The lowest BCUT2D eigenvalue weighted by molar-refractivity contribution is -0.135. The lowest BCUT2D eigenvalue weighted by Crippen LogP contribution is -2.34. The maximum atomic E-state index is 11.8. The van der Waals surface area contributed by atoms with E-state index in [1.165, 1.54) is 5.56 Å². The average Bonchev–Trinajstić information content (AvgIpc) is 2.98. The number of fused-ring (bicyclic) bond motifs is 5. The Hall–Kier alpha value is -1.75. The summed E-state index contributed by atoms with van der Waals surface area (Å²) in [4.78, 5) is 11.8. The molecule has 3 aliphatic heterocycles. The maximum Gasteiger partial charge on any atom is 0.238 e. The van der Waals surface area contributed by atoms with Crippen molar-refractivity contribution in [3.8, 4) is 11.5 Å². The molecule has 3 aliphatic rings. The van der Waals surface area contributed by atoms with Gasteiger partial charge >= 0.3 is 0 Å². The van der Waals surface area contributed by atoms with E-state index in [0.717, 1.165) is 24.6 Å². The second-order valence-corrected chi connectivity index (χ2v) is 5.31. The predicted molar refractivity (Wildman–Crippen MR) is 67.8 cm³/mol. The van der Waals surface area contributed by atoms with Crippen LogP contribution in [0.4, 0.5) is 0 Å². The van der Waals surface area contributed by atoms with Crippen LogP contribution in [0.2, 0.25) is 0 Å². The fourth-order valence-corrected chi connectivity index (χ4v) is 3.43. The van der Waals surface area contributed by atoms with Gasteiger partial charge in [0.25, 0.3) is 0 Å². The van der Waals surface area contributed by atoms with E-state index in [-0.39, 0.29) is 11.9 Å². The maximum absolute atomic E-state index is 11.8. The van der Waals surface area contributed by atoms with Gasteiger partial charge in [-0.1, -0.05) is 0 Å². The van der Waals surface area contributed by atoms with Crippen molar-refractivity contribution in [2.24, 2.45) is 5.92 Å². The number of ether oxygens (including phenoxy) is 2. The molecule has 2 fully saturated rings. The molecule has 0 aromatic heterocycles. The van der Waals surface area contributed by atoms with Gasteiger partial charge in [-0.2, -0.15) is 0 Å². The highest BCUT2D eigenvalue weighted by Gasteiger charge is 2.49. The molecule has 2 saturated heterocycles. The van der Waals surface area contributed by atoms with E-state index in [2.05, 4.69) is 11.1 Å². The van der Waals surface area contributed by atoms with Crippen LogP contribution in [0.1, 0.15) is 18.0 Å². The van der Waals surface area contributed by atoms with E-state index >= 15 is 0 Å². The number of nitrogens with zero attached hydrogens (tertiary/aromatic N) is 2. The standard InChI is InChI=1S/C14H16N2O3/c1-18-10-2-3-11-12(6-10)19-8-9-7-16-13(17)4-5-15(16)14(9)11/h2-3,6,9,14H,4-5,7-8H2,1H3/t9-,14-/m1/s1. The third-order valence-electron chi connectivity index (χ3n) is 4.32. The van der Waals surface area contributed by atoms with E-state index in [9.17, 15) is 4.79 Å². The Labute approximate surface area is 111 Å². The molecule has 5 nitrogen and oxygen atoms in total. The molecule has 0 unspecified atom stereocenters. The summed E-state index contributed by atoms with van der Waals surface area (Å²) in [6.45, 7) is 2.28. The van der Waals surface area contributed by atoms with Crippen LogP contribution in [0.3, 0.4) is 0 Å². The lowest BCUT2D eigenvalue weighted by Gasteiger charge is -2.32. The number of carbonyl (C=O) groups is 1. The summed E-state index contributed by atoms with van der Waals surface area (Å²) in [5.41, 5.74) is 1.18. The largest absolute Gasteiger partial charge is 0.497 e. The van der Waals surface area contributed by atoms with Crippen molar-refractivity contribution in [2.75, 3.05) is 26.8 Å². The van der Waals surface area contributed by atoms with E-state index in [1.807, 2.05) is 17.1 Å². The fourth-order valence-electron chi connectivity index (χ4n) is 3.43. The zero-order valence-electron chi connectivity index (χ0n) is 10.8. The first kappa shape index (κ1) is 11.1. The second kappa shape index (κ2) is 3.87. The summed E-state index contributed by atoms with van der Waals surface area (Å²) in [6.07, 6.45) is 0.634. The normalized spacial score (nSPS) is 28.7. The van der Waals surface area contributed by atoms with Gasteiger partial charge in [0, 0.05) is 37.1 Å². The van der Waals surface area contributed by atoms with E-state index < -0.39 is 0 Å². The predicted octanol–water partition coefficient (Wildman–Crippen LogP) is 1.21. The highest BCUT2D eigenvalue weighted by molar-refractivity contribution is 5.78. The molecule has 19 heavy (non-hydrogen) atoms. The average molecular weight is 260 g/mol. The van der Waals surface area contributed by atoms with Gasteiger partial charge in [0.15, 0.2) is 0 Å². The number of carbonyl (C=O) groups excluding carboxylic acids is 1. The molecule has 0 spiro atoms. The number of hydrogen-bond donors (Lipinski definition) is 0. The Balaban J connectivity index is 1.75. The van der Waals surface area contributed by atoms with Crippen molar-refractivity contribution in [1.82, 2.24) is 10.0 Å². The number of hydrazine groups is 1. The fraction of sp³-hybridized carbons (Fsp3) is 0.500. The molecule has 0 aliphatic carbocycles. The van der Waals surface area contributed by atoms with E-state index in [0.29, 0.717) is 18.9 Å². The molecule has 0 saturated carbocycles. The Kier molecular flexibility index (Phi) is 2.26. The highest BCUT2D eigenvalue weighted by Crippen LogP contribution is 2.47. The third kappa shape index (κ3) is 1.48. The van der Waals surface area contributed by atoms with Gasteiger partial charge in [0.1, 0.15) is 11.5 Å². The monoisotopic (exact) mass is 260 g/mol. The minimum Gasteiger partial charge on any atom is -0.497 e. The highest BCUT2D eigenvalue weighted by atomic mass is 16.5. The molecule has 0 bridgehead atoms. The van der Waals surface area contributed by atoms with Crippen LogP contribution >= 0.6 is 0 Å². The van der Waals surface area contributed by atoms with Gasteiger partial charge in [-0.25, -0.2) is 5.01 Å². The minimum absolute atomic E-state index is 0.240. The molecular weight excluding hydrogens is 244 g/mol. The van der Waals surface area contributed by atoms with Gasteiger partial charge in [0.05, 0.1) is 19.8 Å². The van der Waals surface area contributed by atoms with Crippen molar-refractivity contribution in [3.05, 3.63) is 23.8 Å². The summed E-state index contributed by atoms with van der Waals surface area (Å²) >= 11 is 0. The molecule has 1 aromatic rings. The first-order chi connectivity index (χ1) is 9.28. The van der Waals surface area contributed by atoms with Crippen LogP contribution in [0.5, 0.6) is 11.5 Å². The summed E-state index contributed by atoms with van der Waals surface area (Å²) < 4.78 is 11.1. The smallest absolute Gasteiger partial charge is 0.238 e. The Morgan fingerprint density at radius 2 is 2.32 bits per heavy atom. The van der Waals surface area contributed by atoms with Crippen LogP contribution in [0, 0.1) is 5.92 Å². The number of hydrogen-bond acceptors (Lipinski definition) is 4. The number of rotatable bonds is 1. The van der Waals surface area contributed by atoms with E-state index in [1.54, 1.807) is 7.11 Å². The topological polar surface area (TPSA) is 42.0 Å². The summed E-state index contributed by atoms with van der Waals surface area (Å²) in [7, 11) is 1.66.